The van der Waals surface area contributed by atoms with E-state index in [1.165, 1.54) is 0 Å². The van der Waals surface area contributed by atoms with E-state index in [1.54, 1.807) is 35.9 Å². The molecule has 4 nitrogen and oxygen atoms in total. The first-order valence-corrected chi connectivity index (χ1v) is 6.66. The highest BCUT2D eigenvalue weighted by molar-refractivity contribution is 6.30. The molecule has 0 saturated carbocycles. The van der Waals surface area contributed by atoms with E-state index >= 15 is 0 Å². The molecule has 2 aromatic rings. The Morgan fingerprint density at radius 2 is 2.00 bits per heavy atom. The summed E-state index contributed by atoms with van der Waals surface area (Å²) in [6.07, 6.45) is 0. The van der Waals surface area contributed by atoms with Gasteiger partial charge in [-0.15, -0.1) is 0 Å². The molecule has 1 aromatic heterocycles. The maximum Gasteiger partial charge on any atom is 0.255 e. The van der Waals surface area contributed by atoms with Crippen molar-refractivity contribution in [2.24, 2.45) is 5.73 Å². The van der Waals surface area contributed by atoms with E-state index in [-0.39, 0.29) is 12.1 Å². The zero-order valence-corrected chi connectivity index (χ0v) is 12.3. The van der Waals surface area contributed by atoms with Crippen LogP contribution in [0.3, 0.4) is 0 Å². The first kappa shape index (κ1) is 14.6. The normalized spacial score (nSPS) is 10.6. The summed E-state index contributed by atoms with van der Waals surface area (Å²) < 4.78 is 6.99. The lowest BCUT2D eigenvalue weighted by molar-refractivity contribution is 0.408. The lowest BCUT2D eigenvalue weighted by Crippen LogP contribution is -2.27. The van der Waals surface area contributed by atoms with Crippen molar-refractivity contribution in [1.82, 2.24) is 4.57 Å². The van der Waals surface area contributed by atoms with E-state index in [0.717, 1.165) is 11.3 Å². The van der Waals surface area contributed by atoms with Crippen LogP contribution in [-0.4, -0.2) is 11.7 Å². The van der Waals surface area contributed by atoms with Gasteiger partial charge in [0.2, 0.25) is 0 Å². The van der Waals surface area contributed by atoms with Crippen molar-refractivity contribution in [3.8, 4) is 5.75 Å². The van der Waals surface area contributed by atoms with Gasteiger partial charge in [-0.2, -0.15) is 0 Å². The van der Waals surface area contributed by atoms with Crippen molar-refractivity contribution < 1.29 is 4.74 Å². The number of nitrogens with zero attached hydrogens (tertiary/aromatic N) is 1. The van der Waals surface area contributed by atoms with Crippen molar-refractivity contribution in [3.05, 3.63) is 62.5 Å². The second-order valence-corrected chi connectivity index (χ2v) is 4.99. The average Bonchev–Trinajstić information content (AvgIpc) is 2.44. The number of aryl methyl sites for hydroxylation is 1. The second-order valence-electron chi connectivity index (χ2n) is 4.55. The van der Waals surface area contributed by atoms with Crippen LogP contribution in [0.2, 0.25) is 5.02 Å². The molecule has 106 valence electrons. The molecule has 2 rings (SSSR count). The number of ether oxygens (including phenoxy) is 1. The Morgan fingerprint density at radius 3 is 2.65 bits per heavy atom. The van der Waals surface area contributed by atoms with E-state index in [9.17, 15) is 4.79 Å². The molecule has 1 heterocycles. The Morgan fingerprint density at radius 1 is 1.25 bits per heavy atom. The van der Waals surface area contributed by atoms with Crippen molar-refractivity contribution in [1.29, 1.82) is 0 Å². The predicted molar refractivity (Wildman–Crippen MR) is 80.4 cm³/mol. The van der Waals surface area contributed by atoms with E-state index in [4.69, 9.17) is 22.1 Å². The Bertz CT molecular complexity index is 680. The maximum absolute atomic E-state index is 12.3. The quantitative estimate of drug-likeness (QED) is 0.941. The summed E-state index contributed by atoms with van der Waals surface area (Å²) in [4.78, 5) is 12.3. The number of methoxy groups -OCH3 is 1. The maximum atomic E-state index is 12.3. The highest BCUT2D eigenvalue weighted by Crippen LogP contribution is 2.23. The van der Waals surface area contributed by atoms with Crippen molar-refractivity contribution in [2.75, 3.05) is 7.11 Å². The van der Waals surface area contributed by atoms with Gasteiger partial charge in [-0.3, -0.25) is 4.79 Å². The summed E-state index contributed by atoms with van der Waals surface area (Å²) >= 11 is 6.02. The predicted octanol–water partition coefficient (Wildman–Crippen LogP) is 2.33. The molecule has 0 aliphatic heterocycles. The van der Waals surface area contributed by atoms with Crippen LogP contribution in [0.25, 0.3) is 0 Å². The van der Waals surface area contributed by atoms with Gasteiger partial charge in [0.25, 0.3) is 5.56 Å². The number of aromatic nitrogens is 1. The molecular weight excluding hydrogens is 276 g/mol. The molecule has 5 heteroatoms. The van der Waals surface area contributed by atoms with Gasteiger partial charge in [-0.05, 0) is 31.2 Å². The fourth-order valence-electron chi connectivity index (χ4n) is 2.11. The highest BCUT2D eigenvalue weighted by Gasteiger charge is 2.09. The third kappa shape index (κ3) is 2.86. The number of hydrogen-bond acceptors (Lipinski definition) is 3. The summed E-state index contributed by atoms with van der Waals surface area (Å²) in [7, 11) is 1.60. The molecule has 0 spiro atoms. The lowest BCUT2D eigenvalue weighted by atomic mass is 10.1. The van der Waals surface area contributed by atoms with Crippen molar-refractivity contribution in [2.45, 2.75) is 20.0 Å². The van der Waals surface area contributed by atoms with Gasteiger partial charge >= 0.3 is 0 Å². The zero-order valence-electron chi connectivity index (χ0n) is 11.5. The summed E-state index contributed by atoms with van der Waals surface area (Å²) in [6.45, 7) is 2.52. The van der Waals surface area contributed by atoms with Crippen LogP contribution < -0.4 is 16.0 Å². The molecule has 2 N–H and O–H groups in total. The fraction of sp³-hybridized carbons (Fsp3) is 0.267. The molecule has 0 aliphatic rings. The standard InChI is InChI=1S/C15H17ClN2O2/c1-10-3-4-11(8-17)15(19)18(10)9-12-7-13(16)5-6-14(12)20-2/h3-7H,8-9,17H2,1-2H3. The van der Waals surface area contributed by atoms with E-state index < -0.39 is 0 Å². The highest BCUT2D eigenvalue weighted by atomic mass is 35.5. The van der Waals surface area contributed by atoms with E-state index in [0.29, 0.717) is 22.9 Å². The SMILES string of the molecule is COc1ccc(Cl)cc1Cn1c(C)ccc(CN)c1=O. The topological polar surface area (TPSA) is 57.2 Å². The third-order valence-corrected chi connectivity index (χ3v) is 3.50. The van der Waals surface area contributed by atoms with Crippen LogP contribution in [0.15, 0.2) is 35.1 Å². The number of nitrogens with two attached hydrogens (primary N) is 1. The molecule has 0 saturated heterocycles. The Hall–Kier alpha value is -1.78. The molecule has 0 unspecified atom stereocenters. The number of hydrogen-bond donors (Lipinski definition) is 1. The minimum Gasteiger partial charge on any atom is -0.496 e. The van der Waals surface area contributed by atoms with Gasteiger partial charge in [-0.1, -0.05) is 17.7 Å². The Balaban J connectivity index is 2.50. The van der Waals surface area contributed by atoms with Gasteiger partial charge in [0.05, 0.1) is 13.7 Å². The molecule has 1 aromatic carbocycles. The number of benzene rings is 1. The number of halogens is 1. The van der Waals surface area contributed by atoms with Crippen LogP contribution >= 0.6 is 11.6 Å². The summed E-state index contributed by atoms with van der Waals surface area (Å²) in [5, 5.41) is 0.612. The number of pyridine rings is 1. The van der Waals surface area contributed by atoms with E-state index in [2.05, 4.69) is 0 Å². The van der Waals surface area contributed by atoms with Crippen molar-refractivity contribution >= 4 is 11.6 Å². The molecule has 0 radical (unpaired) electrons. The van der Waals surface area contributed by atoms with Crippen LogP contribution in [0, 0.1) is 6.92 Å². The van der Waals surface area contributed by atoms with Gasteiger partial charge < -0.3 is 15.0 Å². The Labute approximate surface area is 122 Å². The van der Waals surface area contributed by atoms with Crippen LogP contribution in [0.5, 0.6) is 5.75 Å². The van der Waals surface area contributed by atoms with Crippen LogP contribution in [0.1, 0.15) is 16.8 Å². The first-order chi connectivity index (χ1) is 9.56. The largest absolute Gasteiger partial charge is 0.496 e. The molecule has 0 fully saturated rings. The van der Waals surface area contributed by atoms with Gasteiger partial charge in [0.1, 0.15) is 5.75 Å². The third-order valence-electron chi connectivity index (χ3n) is 3.26. The smallest absolute Gasteiger partial charge is 0.255 e. The Kier molecular flexibility index (Phi) is 4.47. The fourth-order valence-corrected chi connectivity index (χ4v) is 2.30. The van der Waals surface area contributed by atoms with Gasteiger partial charge in [-0.25, -0.2) is 0 Å². The number of rotatable bonds is 4. The van der Waals surface area contributed by atoms with Crippen LogP contribution in [0.4, 0.5) is 0 Å². The first-order valence-electron chi connectivity index (χ1n) is 6.28. The monoisotopic (exact) mass is 292 g/mol. The average molecular weight is 293 g/mol. The summed E-state index contributed by atoms with van der Waals surface area (Å²) in [5.74, 6) is 0.707. The summed E-state index contributed by atoms with van der Waals surface area (Å²) in [6, 6.07) is 9.02. The zero-order chi connectivity index (χ0) is 14.7. The van der Waals surface area contributed by atoms with Gasteiger partial charge in [0.15, 0.2) is 0 Å². The second kappa shape index (κ2) is 6.11. The minimum atomic E-state index is -0.0745. The lowest BCUT2D eigenvalue weighted by Gasteiger charge is -2.14. The molecule has 0 amide bonds. The molecule has 0 atom stereocenters. The molecule has 0 bridgehead atoms. The van der Waals surface area contributed by atoms with Gasteiger partial charge in [0, 0.05) is 28.4 Å². The minimum absolute atomic E-state index is 0.0745. The van der Waals surface area contributed by atoms with Crippen LogP contribution in [-0.2, 0) is 13.1 Å². The summed E-state index contributed by atoms with van der Waals surface area (Å²) in [5.41, 5.74) is 7.83. The van der Waals surface area contributed by atoms with E-state index in [1.807, 2.05) is 13.0 Å². The molecular formula is C15H17ClN2O2. The van der Waals surface area contributed by atoms with Crippen molar-refractivity contribution in [3.63, 3.8) is 0 Å². The molecule has 0 aliphatic carbocycles. The molecule has 20 heavy (non-hydrogen) atoms.